The van der Waals surface area contributed by atoms with Crippen LogP contribution in [0.15, 0.2) is 34.9 Å². The standard InChI is InChI=1S/C13H14BrN3O2S/c14-11-8-10-4-3-5-12(13(10)15-9-11)16-20(18,19)17-6-1-2-7-17/h3-5,8-9,16H,1-2,6-7H2. The lowest BCUT2D eigenvalue weighted by Crippen LogP contribution is -2.33. The highest BCUT2D eigenvalue weighted by molar-refractivity contribution is 9.10. The summed E-state index contributed by atoms with van der Waals surface area (Å²) in [5.74, 6) is 0. The van der Waals surface area contributed by atoms with Crippen LogP contribution < -0.4 is 4.72 Å². The number of hydrogen-bond acceptors (Lipinski definition) is 3. The number of aromatic nitrogens is 1. The molecule has 0 unspecified atom stereocenters. The molecule has 1 aromatic carbocycles. The van der Waals surface area contributed by atoms with Crippen LogP contribution in [0.3, 0.4) is 0 Å². The average molecular weight is 356 g/mol. The Bertz CT molecular complexity index is 742. The van der Waals surface area contributed by atoms with Crippen molar-refractivity contribution in [3.63, 3.8) is 0 Å². The van der Waals surface area contributed by atoms with Crippen molar-refractivity contribution in [1.82, 2.24) is 9.29 Å². The van der Waals surface area contributed by atoms with Gasteiger partial charge in [-0.3, -0.25) is 9.71 Å². The van der Waals surface area contributed by atoms with Gasteiger partial charge in [0.15, 0.2) is 0 Å². The van der Waals surface area contributed by atoms with E-state index in [1.165, 1.54) is 4.31 Å². The lowest BCUT2D eigenvalue weighted by Gasteiger charge is -2.17. The number of rotatable bonds is 3. The summed E-state index contributed by atoms with van der Waals surface area (Å²) < 4.78 is 29.6. The van der Waals surface area contributed by atoms with E-state index in [-0.39, 0.29) is 0 Å². The van der Waals surface area contributed by atoms with E-state index >= 15 is 0 Å². The largest absolute Gasteiger partial charge is 0.301 e. The Morgan fingerprint density at radius 2 is 2.00 bits per heavy atom. The van der Waals surface area contributed by atoms with E-state index in [9.17, 15) is 8.42 Å². The van der Waals surface area contributed by atoms with Gasteiger partial charge < -0.3 is 0 Å². The van der Waals surface area contributed by atoms with Gasteiger partial charge in [0.1, 0.15) is 0 Å². The number of pyridine rings is 1. The zero-order valence-corrected chi connectivity index (χ0v) is 13.1. The van der Waals surface area contributed by atoms with Crippen molar-refractivity contribution in [2.45, 2.75) is 12.8 Å². The molecule has 1 aromatic heterocycles. The molecule has 2 aromatic rings. The van der Waals surface area contributed by atoms with Gasteiger partial charge in [-0.2, -0.15) is 12.7 Å². The SMILES string of the molecule is O=S(=O)(Nc1cccc2cc(Br)cnc12)N1CCCC1. The zero-order chi connectivity index (χ0) is 14.2. The summed E-state index contributed by atoms with van der Waals surface area (Å²) >= 11 is 3.36. The van der Waals surface area contributed by atoms with Gasteiger partial charge >= 0.3 is 10.2 Å². The van der Waals surface area contributed by atoms with Crippen LogP contribution in [0.25, 0.3) is 10.9 Å². The summed E-state index contributed by atoms with van der Waals surface area (Å²) in [6, 6.07) is 7.37. The zero-order valence-electron chi connectivity index (χ0n) is 10.7. The third-order valence-electron chi connectivity index (χ3n) is 3.32. The quantitative estimate of drug-likeness (QED) is 0.920. The Hall–Kier alpha value is -1.18. The topological polar surface area (TPSA) is 62.3 Å². The first kappa shape index (κ1) is 13.8. The molecule has 0 aliphatic carbocycles. The Labute approximate surface area is 126 Å². The van der Waals surface area contributed by atoms with E-state index in [1.807, 2.05) is 18.2 Å². The van der Waals surface area contributed by atoms with Crippen LogP contribution in [0, 0.1) is 0 Å². The Morgan fingerprint density at radius 3 is 2.75 bits per heavy atom. The first-order valence-corrected chi connectivity index (χ1v) is 8.62. The first-order chi connectivity index (χ1) is 9.56. The van der Waals surface area contributed by atoms with Gasteiger partial charge in [-0.05, 0) is 40.9 Å². The number of nitrogens with zero attached hydrogens (tertiary/aromatic N) is 2. The maximum Gasteiger partial charge on any atom is 0.301 e. The summed E-state index contributed by atoms with van der Waals surface area (Å²) in [7, 11) is -3.48. The number of para-hydroxylation sites is 1. The average Bonchev–Trinajstić information content (AvgIpc) is 2.93. The molecule has 0 atom stereocenters. The molecule has 0 spiro atoms. The molecule has 2 heterocycles. The Balaban J connectivity index is 1.98. The number of benzene rings is 1. The molecule has 1 saturated heterocycles. The number of nitrogens with one attached hydrogen (secondary N) is 1. The van der Waals surface area contributed by atoms with Crippen molar-refractivity contribution >= 4 is 42.7 Å². The summed E-state index contributed by atoms with van der Waals surface area (Å²) in [6.07, 6.45) is 3.50. The molecule has 106 valence electrons. The van der Waals surface area contributed by atoms with Gasteiger partial charge in [-0.25, -0.2) is 0 Å². The smallest absolute Gasteiger partial charge is 0.269 e. The molecule has 20 heavy (non-hydrogen) atoms. The molecule has 7 heteroatoms. The number of halogens is 1. The molecule has 1 N–H and O–H groups in total. The highest BCUT2D eigenvalue weighted by atomic mass is 79.9. The Morgan fingerprint density at radius 1 is 1.25 bits per heavy atom. The molecule has 0 amide bonds. The highest BCUT2D eigenvalue weighted by Gasteiger charge is 2.25. The van der Waals surface area contributed by atoms with E-state index in [1.54, 1.807) is 12.3 Å². The second kappa shape index (κ2) is 5.31. The van der Waals surface area contributed by atoms with E-state index in [0.717, 1.165) is 22.7 Å². The minimum Gasteiger partial charge on any atom is -0.269 e. The van der Waals surface area contributed by atoms with Gasteiger partial charge in [0.25, 0.3) is 0 Å². The fraction of sp³-hybridized carbons (Fsp3) is 0.308. The molecule has 1 fully saturated rings. The van der Waals surface area contributed by atoms with Crippen LogP contribution in [-0.4, -0.2) is 30.8 Å². The summed E-state index contributed by atoms with van der Waals surface area (Å²) in [6.45, 7) is 1.16. The minimum atomic E-state index is -3.48. The van der Waals surface area contributed by atoms with E-state index in [2.05, 4.69) is 25.6 Å². The third kappa shape index (κ3) is 2.65. The predicted octanol–water partition coefficient (Wildman–Crippen LogP) is 2.75. The van der Waals surface area contributed by atoms with Crippen LogP contribution >= 0.6 is 15.9 Å². The second-order valence-electron chi connectivity index (χ2n) is 4.74. The maximum atomic E-state index is 12.3. The van der Waals surface area contributed by atoms with Gasteiger partial charge in [-0.15, -0.1) is 0 Å². The van der Waals surface area contributed by atoms with Crippen molar-refractivity contribution in [2.75, 3.05) is 17.8 Å². The summed E-state index contributed by atoms with van der Waals surface area (Å²) in [5, 5.41) is 0.890. The highest BCUT2D eigenvalue weighted by Crippen LogP contribution is 2.25. The van der Waals surface area contributed by atoms with Crippen molar-refractivity contribution in [3.05, 3.63) is 34.9 Å². The fourth-order valence-electron chi connectivity index (χ4n) is 2.35. The van der Waals surface area contributed by atoms with Gasteiger partial charge in [0, 0.05) is 29.1 Å². The lowest BCUT2D eigenvalue weighted by molar-refractivity contribution is 0.482. The molecular formula is C13H14BrN3O2S. The number of anilines is 1. The molecule has 0 bridgehead atoms. The fourth-order valence-corrected chi connectivity index (χ4v) is 4.01. The second-order valence-corrected chi connectivity index (χ2v) is 7.33. The van der Waals surface area contributed by atoms with Crippen LogP contribution in [0.2, 0.25) is 0 Å². The summed E-state index contributed by atoms with van der Waals surface area (Å²) in [4.78, 5) is 4.30. The van der Waals surface area contributed by atoms with Crippen molar-refractivity contribution in [1.29, 1.82) is 0 Å². The molecule has 3 rings (SSSR count). The van der Waals surface area contributed by atoms with E-state index in [4.69, 9.17) is 0 Å². The van der Waals surface area contributed by atoms with Crippen molar-refractivity contribution in [3.8, 4) is 0 Å². The lowest BCUT2D eigenvalue weighted by atomic mass is 10.2. The molecular weight excluding hydrogens is 342 g/mol. The van der Waals surface area contributed by atoms with Crippen LogP contribution in [0.5, 0.6) is 0 Å². The molecule has 1 aliphatic heterocycles. The van der Waals surface area contributed by atoms with Crippen LogP contribution in [0.4, 0.5) is 5.69 Å². The van der Waals surface area contributed by atoms with Gasteiger partial charge in [0.05, 0.1) is 11.2 Å². The van der Waals surface area contributed by atoms with Crippen LogP contribution in [-0.2, 0) is 10.2 Å². The predicted molar refractivity (Wildman–Crippen MR) is 82.8 cm³/mol. The maximum absolute atomic E-state index is 12.3. The minimum absolute atomic E-state index is 0.516. The molecule has 5 nitrogen and oxygen atoms in total. The number of fused-ring (bicyclic) bond motifs is 1. The van der Waals surface area contributed by atoms with E-state index in [0.29, 0.717) is 24.3 Å². The van der Waals surface area contributed by atoms with Crippen molar-refractivity contribution < 1.29 is 8.42 Å². The Kier molecular flexibility index (Phi) is 3.66. The molecule has 0 radical (unpaired) electrons. The summed E-state index contributed by atoms with van der Waals surface area (Å²) in [5.41, 5.74) is 1.17. The normalized spacial score (nSPS) is 16.6. The number of hydrogen-bond donors (Lipinski definition) is 1. The monoisotopic (exact) mass is 355 g/mol. The van der Waals surface area contributed by atoms with Crippen LogP contribution in [0.1, 0.15) is 12.8 Å². The molecule has 1 aliphatic rings. The first-order valence-electron chi connectivity index (χ1n) is 6.38. The van der Waals surface area contributed by atoms with Crippen molar-refractivity contribution in [2.24, 2.45) is 0 Å². The van der Waals surface area contributed by atoms with Gasteiger partial charge in [0.2, 0.25) is 0 Å². The van der Waals surface area contributed by atoms with Gasteiger partial charge in [-0.1, -0.05) is 12.1 Å². The van der Waals surface area contributed by atoms with E-state index < -0.39 is 10.2 Å². The third-order valence-corrected chi connectivity index (χ3v) is 5.28. The molecule has 0 saturated carbocycles.